The number of aryl methyl sites for hydroxylation is 1. The minimum Gasteiger partial charge on any atom is -0.496 e. The molecule has 1 unspecified atom stereocenters. The summed E-state index contributed by atoms with van der Waals surface area (Å²) >= 11 is 1.19. The summed E-state index contributed by atoms with van der Waals surface area (Å²) in [6.45, 7) is 7.29. The summed E-state index contributed by atoms with van der Waals surface area (Å²) in [7, 11) is -1.81. The minimum absolute atomic E-state index is 0.0320. The molecule has 2 aromatic rings. The van der Waals surface area contributed by atoms with Crippen LogP contribution in [0.15, 0.2) is 44.9 Å². The van der Waals surface area contributed by atoms with E-state index >= 15 is 0 Å². The largest absolute Gasteiger partial charge is 0.496 e. The summed E-state index contributed by atoms with van der Waals surface area (Å²) in [6.07, 6.45) is 0. The number of sulfonamides is 1. The summed E-state index contributed by atoms with van der Waals surface area (Å²) in [5.74, 6) is 1.43. The monoisotopic (exact) mass is 424 g/mol. The van der Waals surface area contributed by atoms with E-state index < -0.39 is 10.0 Å². The number of rotatable bonds is 9. The van der Waals surface area contributed by atoms with Gasteiger partial charge in [-0.2, -0.15) is 0 Å². The summed E-state index contributed by atoms with van der Waals surface area (Å²) in [5.41, 5.74) is 2.18. The Bertz CT molecular complexity index is 881. The zero-order valence-electron chi connectivity index (χ0n) is 16.7. The van der Waals surface area contributed by atoms with Crippen molar-refractivity contribution in [3.05, 3.63) is 46.8 Å². The number of hydrogen-bond donors (Lipinski definition) is 3. The Morgan fingerprint density at radius 3 is 2.75 bits per heavy atom. The van der Waals surface area contributed by atoms with Crippen LogP contribution in [-0.4, -0.2) is 41.1 Å². The van der Waals surface area contributed by atoms with Gasteiger partial charge in [0.25, 0.3) is 0 Å². The molecule has 0 spiro atoms. The van der Waals surface area contributed by atoms with Crippen molar-refractivity contribution < 1.29 is 13.2 Å². The number of benzene rings is 1. The maximum absolute atomic E-state index is 12.1. The lowest BCUT2D eigenvalue weighted by atomic mass is 10.0. The first kappa shape index (κ1) is 22.2. The van der Waals surface area contributed by atoms with Gasteiger partial charge < -0.3 is 15.4 Å². The molecular weight excluding hydrogens is 396 g/mol. The first-order chi connectivity index (χ1) is 13.4. The average molecular weight is 425 g/mol. The van der Waals surface area contributed by atoms with Crippen molar-refractivity contribution >= 4 is 27.3 Å². The van der Waals surface area contributed by atoms with E-state index in [1.807, 2.05) is 32.9 Å². The number of hydrogen-bond acceptors (Lipinski definition) is 5. The molecule has 0 saturated carbocycles. The van der Waals surface area contributed by atoms with E-state index in [-0.39, 0.29) is 12.6 Å². The molecule has 7 nitrogen and oxygen atoms in total. The Morgan fingerprint density at radius 1 is 1.32 bits per heavy atom. The highest BCUT2D eigenvalue weighted by Crippen LogP contribution is 2.25. The van der Waals surface area contributed by atoms with Gasteiger partial charge in [-0.3, -0.25) is 4.99 Å². The zero-order valence-corrected chi connectivity index (χ0v) is 18.3. The van der Waals surface area contributed by atoms with Gasteiger partial charge in [0.2, 0.25) is 10.0 Å². The van der Waals surface area contributed by atoms with Crippen LogP contribution < -0.4 is 20.1 Å². The van der Waals surface area contributed by atoms with E-state index in [9.17, 15) is 8.42 Å². The normalized spacial score (nSPS) is 13.2. The molecule has 3 N–H and O–H groups in total. The van der Waals surface area contributed by atoms with Crippen molar-refractivity contribution in [2.45, 2.75) is 31.0 Å². The number of ether oxygens (including phenoxy) is 1. The summed E-state index contributed by atoms with van der Waals surface area (Å²) in [6, 6.07) is 9.30. The van der Waals surface area contributed by atoms with Crippen molar-refractivity contribution in [1.29, 1.82) is 0 Å². The Kier molecular flexibility index (Phi) is 8.28. The maximum Gasteiger partial charge on any atom is 0.250 e. The van der Waals surface area contributed by atoms with Crippen LogP contribution in [0.1, 0.15) is 31.0 Å². The number of methoxy groups -OCH3 is 1. The van der Waals surface area contributed by atoms with Crippen LogP contribution in [0.4, 0.5) is 0 Å². The van der Waals surface area contributed by atoms with Crippen molar-refractivity contribution in [3.63, 3.8) is 0 Å². The maximum atomic E-state index is 12.1. The van der Waals surface area contributed by atoms with Gasteiger partial charge >= 0.3 is 0 Å². The predicted molar refractivity (Wildman–Crippen MR) is 115 cm³/mol. The molecule has 1 aromatic carbocycles. The van der Waals surface area contributed by atoms with E-state index in [2.05, 4.69) is 26.4 Å². The summed E-state index contributed by atoms with van der Waals surface area (Å²) in [5, 5.41) is 8.27. The third kappa shape index (κ3) is 6.22. The number of guanidine groups is 1. The molecule has 154 valence electrons. The van der Waals surface area contributed by atoms with E-state index in [0.29, 0.717) is 23.3 Å². The molecule has 28 heavy (non-hydrogen) atoms. The van der Waals surface area contributed by atoms with Gasteiger partial charge in [-0.1, -0.05) is 23.8 Å². The van der Waals surface area contributed by atoms with Crippen LogP contribution in [0.2, 0.25) is 0 Å². The van der Waals surface area contributed by atoms with Crippen LogP contribution in [0.25, 0.3) is 0 Å². The Balaban J connectivity index is 1.99. The van der Waals surface area contributed by atoms with Crippen LogP contribution in [0.3, 0.4) is 0 Å². The van der Waals surface area contributed by atoms with Crippen molar-refractivity contribution in [3.8, 4) is 5.75 Å². The smallest absolute Gasteiger partial charge is 0.250 e. The molecule has 0 bridgehead atoms. The van der Waals surface area contributed by atoms with Gasteiger partial charge in [-0.25, -0.2) is 13.1 Å². The predicted octanol–water partition coefficient (Wildman–Crippen LogP) is 2.66. The average Bonchev–Trinajstić information content (AvgIpc) is 3.21. The second kappa shape index (κ2) is 10.4. The van der Waals surface area contributed by atoms with Crippen LogP contribution >= 0.6 is 11.3 Å². The highest BCUT2D eigenvalue weighted by atomic mass is 32.2. The van der Waals surface area contributed by atoms with Gasteiger partial charge in [-0.05, 0) is 38.3 Å². The van der Waals surface area contributed by atoms with Crippen molar-refractivity contribution in [2.24, 2.45) is 4.99 Å². The molecule has 1 aromatic heterocycles. The molecule has 0 radical (unpaired) electrons. The lowest BCUT2D eigenvalue weighted by Gasteiger charge is -2.20. The van der Waals surface area contributed by atoms with Gasteiger partial charge in [0, 0.05) is 18.7 Å². The molecule has 1 atom stereocenters. The third-order valence-corrected chi connectivity index (χ3v) is 6.84. The number of nitrogens with zero attached hydrogens (tertiary/aromatic N) is 1. The molecule has 2 rings (SSSR count). The standard InChI is InChI=1S/C19H28N4O3S2/c1-5-20-19(21-10-11-22-28(24,25)18-7-6-12-27-18)23-15(3)16-13-14(2)8-9-17(16)26-4/h6-9,12-13,15,22H,5,10-11H2,1-4H3,(H2,20,21,23). The van der Waals surface area contributed by atoms with E-state index in [1.165, 1.54) is 11.3 Å². The quantitative estimate of drug-likeness (QED) is 0.327. The number of nitrogens with one attached hydrogen (secondary N) is 3. The first-order valence-corrected chi connectivity index (χ1v) is 11.5. The molecule has 0 amide bonds. The Hall–Kier alpha value is -2.10. The lowest BCUT2D eigenvalue weighted by molar-refractivity contribution is 0.405. The van der Waals surface area contributed by atoms with Crippen molar-refractivity contribution in [1.82, 2.24) is 15.4 Å². The summed E-state index contributed by atoms with van der Waals surface area (Å²) in [4.78, 5) is 4.47. The Morgan fingerprint density at radius 2 is 2.11 bits per heavy atom. The fraction of sp³-hybridized carbons (Fsp3) is 0.421. The topological polar surface area (TPSA) is 91.8 Å². The van der Waals surface area contributed by atoms with Gasteiger partial charge in [0.15, 0.2) is 5.96 Å². The van der Waals surface area contributed by atoms with E-state index in [1.54, 1.807) is 24.6 Å². The Labute approximate surface area is 171 Å². The second-order valence-electron chi connectivity index (χ2n) is 6.20. The lowest BCUT2D eigenvalue weighted by Crippen LogP contribution is -2.39. The van der Waals surface area contributed by atoms with E-state index in [0.717, 1.165) is 16.9 Å². The highest BCUT2D eigenvalue weighted by Gasteiger charge is 2.15. The first-order valence-electron chi connectivity index (χ1n) is 9.10. The van der Waals surface area contributed by atoms with Gasteiger partial charge in [0.05, 0.1) is 19.7 Å². The molecule has 0 aliphatic rings. The fourth-order valence-electron chi connectivity index (χ4n) is 2.63. The molecule has 0 aliphatic heterocycles. The second-order valence-corrected chi connectivity index (χ2v) is 9.14. The van der Waals surface area contributed by atoms with Gasteiger partial charge in [-0.15, -0.1) is 11.3 Å². The van der Waals surface area contributed by atoms with Crippen LogP contribution in [0.5, 0.6) is 5.75 Å². The third-order valence-electron chi connectivity index (χ3n) is 3.98. The molecule has 0 saturated heterocycles. The molecule has 9 heteroatoms. The minimum atomic E-state index is -3.47. The molecule has 0 aliphatic carbocycles. The number of thiophene rings is 1. The molecule has 1 heterocycles. The van der Waals surface area contributed by atoms with E-state index in [4.69, 9.17) is 4.74 Å². The molecular formula is C19H28N4O3S2. The van der Waals surface area contributed by atoms with Crippen LogP contribution in [0, 0.1) is 6.92 Å². The fourth-order valence-corrected chi connectivity index (χ4v) is 4.69. The SMILES string of the molecule is CCNC(=NCCNS(=O)(=O)c1cccs1)NC(C)c1cc(C)ccc1OC. The highest BCUT2D eigenvalue weighted by molar-refractivity contribution is 7.91. The summed E-state index contributed by atoms with van der Waals surface area (Å²) < 4.78 is 32.6. The van der Waals surface area contributed by atoms with Gasteiger partial charge in [0.1, 0.15) is 9.96 Å². The van der Waals surface area contributed by atoms with Crippen molar-refractivity contribution in [2.75, 3.05) is 26.7 Å². The molecule has 0 fully saturated rings. The zero-order chi connectivity index (χ0) is 20.6. The van der Waals surface area contributed by atoms with Crippen LogP contribution in [-0.2, 0) is 10.0 Å². The number of aliphatic imine (C=N–C) groups is 1.